The van der Waals surface area contributed by atoms with Crippen molar-refractivity contribution >= 4 is 0 Å². The van der Waals surface area contributed by atoms with Gasteiger partial charge in [0.15, 0.2) is 0 Å². The summed E-state index contributed by atoms with van der Waals surface area (Å²) in [7, 11) is 4.27. The van der Waals surface area contributed by atoms with Gasteiger partial charge in [0.05, 0.1) is 18.8 Å². The van der Waals surface area contributed by atoms with Gasteiger partial charge < -0.3 is 19.1 Å². The fourth-order valence-electron chi connectivity index (χ4n) is 12.5. The standard InChI is InChI=1S/C54H97NO3/c1-9-10-11-12-13-14-15-16-17-18-19-20-21-22-23-24-38-56-43-48(42-55(7)8)58-40-26-25-39-57-47-34-36-53(5)46(41-47)30-31-49-51-33-32-50(45(4)29-27-28-44(2)3)54(51,6)37-35-52(49)53/h13-14,16-17,30,44-45,47-52H,9-12,15,18-29,31-43H2,1-8H3/b14-13-,17-16-/t45-,47+,48?,49+,50-,51+,52+,53+,54-/m1/s1. The molecule has 3 saturated carbocycles. The van der Waals surface area contributed by atoms with Gasteiger partial charge in [0.1, 0.15) is 0 Å². The molecule has 4 aliphatic rings. The molecule has 0 aromatic carbocycles. The third kappa shape index (κ3) is 16.1. The van der Waals surface area contributed by atoms with Gasteiger partial charge in [-0.2, -0.15) is 0 Å². The molecule has 0 N–H and O–H groups in total. The van der Waals surface area contributed by atoms with E-state index in [-0.39, 0.29) is 6.10 Å². The van der Waals surface area contributed by atoms with Gasteiger partial charge in [-0.3, -0.25) is 0 Å². The van der Waals surface area contributed by atoms with E-state index in [4.69, 9.17) is 14.2 Å². The van der Waals surface area contributed by atoms with Crippen LogP contribution in [0.4, 0.5) is 0 Å². The van der Waals surface area contributed by atoms with E-state index in [1.807, 2.05) is 0 Å². The molecule has 0 bridgehead atoms. The smallest absolute Gasteiger partial charge is 0.0934 e. The molecule has 0 heterocycles. The molecule has 9 atom stereocenters. The van der Waals surface area contributed by atoms with Crippen molar-refractivity contribution in [2.75, 3.05) is 47.1 Å². The van der Waals surface area contributed by atoms with Crippen molar-refractivity contribution in [1.29, 1.82) is 0 Å². The topological polar surface area (TPSA) is 30.9 Å². The molecule has 0 spiro atoms. The van der Waals surface area contributed by atoms with Crippen molar-refractivity contribution in [3.05, 3.63) is 36.0 Å². The maximum Gasteiger partial charge on any atom is 0.0934 e. The number of nitrogens with zero attached hydrogens (tertiary/aromatic N) is 1. The van der Waals surface area contributed by atoms with Crippen molar-refractivity contribution in [3.8, 4) is 0 Å². The minimum Gasteiger partial charge on any atom is -0.379 e. The molecule has 1 unspecified atom stereocenters. The number of fused-ring (bicyclic) bond motifs is 5. The van der Waals surface area contributed by atoms with Gasteiger partial charge in [-0.25, -0.2) is 0 Å². The highest BCUT2D eigenvalue weighted by molar-refractivity contribution is 5.25. The van der Waals surface area contributed by atoms with Gasteiger partial charge in [-0.15, -0.1) is 0 Å². The van der Waals surface area contributed by atoms with Gasteiger partial charge in [-0.1, -0.05) is 135 Å². The number of likely N-dealkylation sites (N-methyl/N-ethyl adjacent to an activating group) is 1. The Morgan fingerprint density at radius 2 is 1.45 bits per heavy atom. The number of hydrogen-bond donors (Lipinski definition) is 0. The van der Waals surface area contributed by atoms with Crippen molar-refractivity contribution < 1.29 is 14.2 Å². The zero-order chi connectivity index (χ0) is 41.6. The average Bonchev–Trinajstić information content (AvgIpc) is 3.55. The summed E-state index contributed by atoms with van der Waals surface area (Å²) in [6, 6.07) is 0. The summed E-state index contributed by atoms with van der Waals surface area (Å²) >= 11 is 0. The third-order valence-corrected chi connectivity index (χ3v) is 15.9. The molecule has 0 amide bonds. The second-order valence-corrected chi connectivity index (χ2v) is 21.1. The van der Waals surface area contributed by atoms with Crippen molar-refractivity contribution in [2.45, 2.75) is 214 Å². The monoisotopic (exact) mass is 808 g/mol. The zero-order valence-electron chi connectivity index (χ0n) is 39.9. The van der Waals surface area contributed by atoms with E-state index in [0.717, 1.165) is 87.6 Å². The third-order valence-electron chi connectivity index (χ3n) is 15.9. The molecule has 0 aliphatic heterocycles. The maximum atomic E-state index is 6.59. The van der Waals surface area contributed by atoms with E-state index < -0.39 is 0 Å². The Bertz CT molecular complexity index is 1170. The van der Waals surface area contributed by atoms with Gasteiger partial charge in [0.25, 0.3) is 0 Å². The van der Waals surface area contributed by atoms with Crippen molar-refractivity contribution in [2.24, 2.45) is 46.3 Å². The first-order valence-corrected chi connectivity index (χ1v) is 25.5. The Hall–Kier alpha value is -0.940. The summed E-state index contributed by atoms with van der Waals surface area (Å²) in [5, 5.41) is 0. The molecule has 0 aromatic heterocycles. The molecule has 4 nitrogen and oxygen atoms in total. The van der Waals surface area contributed by atoms with E-state index >= 15 is 0 Å². The van der Waals surface area contributed by atoms with Crippen LogP contribution in [0.25, 0.3) is 0 Å². The highest BCUT2D eigenvalue weighted by Gasteiger charge is 2.59. The number of ether oxygens (including phenoxy) is 3. The van der Waals surface area contributed by atoms with Crippen LogP contribution in [-0.2, 0) is 14.2 Å². The predicted molar refractivity (Wildman–Crippen MR) is 250 cm³/mol. The fraction of sp³-hybridized carbons (Fsp3) is 0.889. The molecule has 4 heteroatoms. The lowest BCUT2D eigenvalue weighted by atomic mass is 9.47. The van der Waals surface area contributed by atoms with Crippen LogP contribution < -0.4 is 0 Å². The van der Waals surface area contributed by atoms with Crippen LogP contribution in [0, 0.1) is 46.3 Å². The van der Waals surface area contributed by atoms with Gasteiger partial charge in [-0.05, 0) is 163 Å². The Kier molecular flexibility index (Phi) is 23.3. The van der Waals surface area contributed by atoms with Crippen LogP contribution in [0.2, 0.25) is 0 Å². The minimum absolute atomic E-state index is 0.143. The van der Waals surface area contributed by atoms with E-state index in [1.165, 1.54) is 135 Å². The van der Waals surface area contributed by atoms with Crippen LogP contribution in [0.1, 0.15) is 202 Å². The zero-order valence-corrected chi connectivity index (χ0v) is 39.9. The van der Waals surface area contributed by atoms with Crippen LogP contribution in [-0.4, -0.2) is 64.2 Å². The van der Waals surface area contributed by atoms with Gasteiger partial charge >= 0.3 is 0 Å². The Labute approximate surface area is 361 Å². The first-order chi connectivity index (χ1) is 28.1. The SMILES string of the molecule is CCCCC/C=C\C/C=C\CCCCCCCCOCC(CN(C)C)OCCCCO[C@H]1CC[C@@]2(C)C(=CC[C@H]3[C@@H]4CC[C@H]([C@H](C)CCCC(C)C)[C@@]4(C)CC[C@@H]32)C1. The highest BCUT2D eigenvalue weighted by atomic mass is 16.5. The number of rotatable bonds is 31. The van der Waals surface area contributed by atoms with Gasteiger partial charge in [0, 0.05) is 26.4 Å². The Morgan fingerprint density at radius 3 is 2.19 bits per heavy atom. The molecular weight excluding hydrogens is 711 g/mol. The van der Waals surface area contributed by atoms with Crippen LogP contribution >= 0.6 is 0 Å². The van der Waals surface area contributed by atoms with E-state index in [1.54, 1.807) is 5.57 Å². The van der Waals surface area contributed by atoms with Crippen LogP contribution in [0.3, 0.4) is 0 Å². The molecule has 336 valence electrons. The van der Waals surface area contributed by atoms with Crippen molar-refractivity contribution in [3.63, 3.8) is 0 Å². The molecule has 3 fully saturated rings. The minimum atomic E-state index is 0.143. The summed E-state index contributed by atoms with van der Waals surface area (Å²) in [4.78, 5) is 2.23. The first-order valence-electron chi connectivity index (χ1n) is 25.5. The summed E-state index contributed by atoms with van der Waals surface area (Å²) in [6.45, 7) is 19.2. The first kappa shape index (κ1) is 49.7. The maximum absolute atomic E-state index is 6.59. The van der Waals surface area contributed by atoms with Crippen LogP contribution in [0.5, 0.6) is 0 Å². The molecule has 58 heavy (non-hydrogen) atoms. The molecule has 4 aliphatic carbocycles. The Morgan fingerprint density at radius 1 is 0.741 bits per heavy atom. The quantitative estimate of drug-likeness (QED) is 0.0516. The number of allylic oxidation sites excluding steroid dienone is 5. The summed E-state index contributed by atoms with van der Waals surface area (Å²) in [5.41, 5.74) is 2.74. The summed E-state index contributed by atoms with van der Waals surface area (Å²) < 4.78 is 19.1. The summed E-state index contributed by atoms with van der Waals surface area (Å²) in [5.74, 6) is 5.43. The van der Waals surface area contributed by atoms with E-state index in [0.29, 0.717) is 23.5 Å². The number of hydrogen-bond acceptors (Lipinski definition) is 4. The predicted octanol–water partition coefficient (Wildman–Crippen LogP) is 15.0. The lowest BCUT2D eigenvalue weighted by Gasteiger charge is -2.58. The second-order valence-electron chi connectivity index (χ2n) is 21.1. The van der Waals surface area contributed by atoms with E-state index in [2.05, 4.69) is 90.9 Å². The molecule has 0 aromatic rings. The number of unbranched alkanes of at least 4 members (excludes halogenated alkanes) is 10. The van der Waals surface area contributed by atoms with Gasteiger partial charge in [0.2, 0.25) is 0 Å². The van der Waals surface area contributed by atoms with E-state index in [9.17, 15) is 0 Å². The molecule has 4 rings (SSSR count). The summed E-state index contributed by atoms with van der Waals surface area (Å²) in [6.07, 6.45) is 45.4. The largest absolute Gasteiger partial charge is 0.379 e. The average molecular weight is 808 g/mol. The lowest BCUT2D eigenvalue weighted by Crippen LogP contribution is -2.51. The molecule has 0 radical (unpaired) electrons. The van der Waals surface area contributed by atoms with Crippen LogP contribution in [0.15, 0.2) is 36.0 Å². The van der Waals surface area contributed by atoms with Crippen molar-refractivity contribution in [1.82, 2.24) is 4.90 Å². The molecule has 0 saturated heterocycles. The Balaban J connectivity index is 1.04. The second kappa shape index (κ2) is 27.2. The lowest BCUT2D eigenvalue weighted by molar-refractivity contribution is -0.0648. The fourth-order valence-corrected chi connectivity index (χ4v) is 12.5. The molecular formula is C54H97NO3. The highest BCUT2D eigenvalue weighted by Crippen LogP contribution is 2.67. The normalized spacial score (nSPS) is 29.6.